The first-order valence-corrected chi connectivity index (χ1v) is 7.86. The normalized spacial score (nSPS) is 10.9. The van der Waals surface area contributed by atoms with Gasteiger partial charge in [-0.2, -0.15) is 0 Å². The smallest absolute Gasteiger partial charge is 0.331 e. The third-order valence-corrected chi connectivity index (χ3v) is 3.44. The summed E-state index contributed by atoms with van der Waals surface area (Å²) in [5, 5.41) is 0. The Labute approximate surface area is 145 Å². The van der Waals surface area contributed by atoms with Crippen LogP contribution in [0.25, 0.3) is 11.7 Å². The minimum atomic E-state index is -0.413. The lowest BCUT2D eigenvalue weighted by Crippen LogP contribution is -2.00. The summed E-state index contributed by atoms with van der Waals surface area (Å²) in [5.74, 6) is 0.343. The van der Waals surface area contributed by atoms with E-state index in [4.69, 9.17) is 9.47 Å². The van der Waals surface area contributed by atoms with Crippen molar-refractivity contribution in [3.63, 3.8) is 0 Å². The van der Waals surface area contributed by atoms with Gasteiger partial charge in [-0.05, 0) is 35.9 Å². The lowest BCUT2D eigenvalue weighted by atomic mass is 10.2. The van der Waals surface area contributed by atoms with Crippen LogP contribution in [0.1, 0.15) is 11.3 Å². The van der Waals surface area contributed by atoms with Gasteiger partial charge < -0.3 is 13.9 Å². The number of imidazole rings is 1. The molecule has 1 aromatic carbocycles. The number of pyridine rings is 1. The number of fused-ring (bicyclic) bond motifs is 1. The summed E-state index contributed by atoms with van der Waals surface area (Å²) < 4.78 is 12.5. The van der Waals surface area contributed by atoms with Crippen molar-refractivity contribution < 1.29 is 14.3 Å². The van der Waals surface area contributed by atoms with Crippen LogP contribution in [0, 0.1) is 0 Å². The Kier molecular flexibility index (Phi) is 5.26. The minimum absolute atomic E-state index is 0.138. The Bertz CT molecular complexity index is 862. The summed E-state index contributed by atoms with van der Waals surface area (Å²) in [6, 6.07) is 13.1. The maximum absolute atomic E-state index is 11.8. The topological polar surface area (TPSA) is 52.8 Å². The van der Waals surface area contributed by atoms with Crippen LogP contribution in [0.2, 0.25) is 0 Å². The van der Waals surface area contributed by atoms with Crippen LogP contribution in [-0.2, 0) is 16.1 Å². The van der Waals surface area contributed by atoms with Crippen LogP contribution in [-0.4, -0.2) is 22.0 Å². The van der Waals surface area contributed by atoms with Crippen LogP contribution in [0.5, 0.6) is 5.75 Å². The molecule has 3 aromatic rings. The standard InChI is InChI=1S/C20H18N2O3/c1-2-13-24-18-9-6-16(7-10-18)8-11-20(23)25-15-17-14-22-12-4-3-5-19(22)21-17/h2-12,14H,1,13,15H2/b11-8+. The zero-order valence-electron chi connectivity index (χ0n) is 13.7. The highest BCUT2D eigenvalue weighted by Gasteiger charge is 2.03. The monoisotopic (exact) mass is 334 g/mol. The van der Waals surface area contributed by atoms with Crippen molar-refractivity contribution in [3.05, 3.63) is 84.8 Å². The molecule has 3 rings (SSSR count). The molecule has 0 saturated carbocycles. The fourth-order valence-corrected chi connectivity index (χ4v) is 2.24. The first-order chi connectivity index (χ1) is 12.2. The largest absolute Gasteiger partial charge is 0.490 e. The highest BCUT2D eigenvalue weighted by atomic mass is 16.5. The van der Waals surface area contributed by atoms with Crippen LogP contribution >= 0.6 is 0 Å². The maximum atomic E-state index is 11.8. The molecule has 0 aliphatic heterocycles. The molecular formula is C20H18N2O3. The van der Waals surface area contributed by atoms with Crippen molar-refractivity contribution in [2.75, 3.05) is 6.61 Å². The number of esters is 1. The molecule has 0 aliphatic rings. The number of hydrogen-bond acceptors (Lipinski definition) is 4. The van der Waals surface area contributed by atoms with E-state index in [1.54, 1.807) is 12.2 Å². The Balaban J connectivity index is 1.53. The van der Waals surface area contributed by atoms with Crippen molar-refractivity contribution in [3.8, 4) is 5.75 Å². The molecule has 0 unspecified atom stereocenters. The Morgan fingerprint density at radius 3 is 2.80 bits per heavy atom. The van der Waals surface area contributed by atoms with E-state index in [1.165, 1.54) is 6.08 Å². The molecule has 5 heteroatoms. The van der Waals surface area contributed by atoms with Gasteiger partial charge in [0.15, 0.2) is 0 Å². The first kappa shape index (κ1) is 16.5. The molecule has 2 aromatic heterocycles. The Morgan fingerprint density at radius 2 is 2.04 bits per heavy atom. The molecule has 0 amide bonds. The number of nitrogens with zero attached hydrogens (tertiary/aromatic N) is 2. The number of carbonyl (C=O) groups excluding carboxylic acids is 1. The van der Waals surface area contributed by atoms with Gasteiger partial charge in [0, 0.05) is 18.5 Å². The second-order valence-electron chi connectivity index (χ2n) is 5.31. The van der Waals surface area contributed by atoms with E-state index < -0.39 is 5.97 Å². The van der Waals surface area contributed by atoms with E-state index in [-0.39, 0.29) is 6.61 Å². The lowest BCUT2D eigenvalue weighted by Gasteiger charge is -2.02. The Morgan fingerprint density at radius 1 is 1.20 bits per heavy atom. The second-order valence-corrected chi connectivity index (χ2v) is 5.31. The molecule has 0 aliphatic carbocycles. The van der Waals surface area contributed by atoms with Crippen LogP contribution < -0.4 is 4.74 Å². The fourth-order valence-electron chi connectivity index (χ4n) is 2.24. The molecule has 0 spiro atoms. The molecule has 25 heavy (non-hydrogen) atoms. The average molecular weight is 334 g/mol. The molecule has 0 N–H and O–H groups in total. The number of ether oxygens (including phenoxy) is 2. The molecular weight excluding hydrogens is 316 g/mol. The molecule has 0 radical (unpaired) electrons. The van der Waals surface area contributed by atoms with Gasteiger partial charge in [0.1, 0.15) is 24.6 Å². The van der Waals surface area contributed by atoms with Gasteiger partial charge in [-0.3, -0.25) is 0 Å². The molecule has 0 bridgehead atoms. The second kappa shape index (κ2) is 7.97. The van der Waals surface area contributed by atoms with Gasteiger partial charge in [0.2, 0.25) is 0 Å². The third-order valence-electron chi connectivity index (χ3n) is 3.44. The quantitative estimate of drug-likeness (QED) is 0.376. The number of rotatable bonds is 7. The summed E-state index contributed by atoms with van der Waals surface area (Å²) in [4.78, 5) is 16.2. The van der Waals surface area contributed by atoms with Crippen LogP contribution in [0.4, 0.5) is 0 Å². The number of hydrogen-bond donors (Lipinski definition) is 0. The first-order valence-electron chi connectivity index (χ1n) is 7.86. The molecule has 2 heterocycles. The van der Waals surface area contributed by atoms with Gasteiger partial charge >= 0.3 is 5.97 Å². The predicted octanol–water partition coefficient (Wildman–Crippen LogP) is 3.66. The highest BCUT2D eigenvalue weighted by molar-refractivity contribution is 5.87. The maximum Gasteiger partial charge on any atom is 0.331 e. The van der Waals surface area contributed by atoms with Gasteiger partial charge in [0.25, 0.3) is 0 Å². The molecule has 5 nitrogen and oxygen atoms in total. The van der Waals surface area contributed by atoms with Crippen LogP contribution in [0.3, 0.4) is 0 Å². The van der Waals surface area contributed by atoms with Crippen molar-refractivity contribution in [2.45, 2.75) is 6.61 Å². The number of carbonyl (C=O) groups is 1. The van der Waals surface area contributed by atoms with Gasteiger partial charge in [-0.25, -0.2) is 9.78 Å². The average Bonchev–Trinajstić information content (AvgIpc) is 3.07. The summed E-state index contributed by atoms with van der Waals surface area (Å²) in [6.45, 7) is 4.20. The van der Waals surface area contributed by atoms with E-state index in [0.29, 0.717) is 12.3 Å². The summed E-state index contributed by atoms with van der Waals surface area (Å²) in [6.07, 6.45) is 8.52. The molecule has 0 atom stereocenters. The van der Waals surface area contributed by atoms with E-state index in [2.05, 4.69) is 11.6 Å². The summed E-state index contributed by atoms with van der Waals surface area (Å²) >= 11 is 0. The molecule has 126 valence electrons. The number of aromatic nitrogens is 2. The fraction of sp³-hybridized carbons (Fsp3) is 0.100. The SMILES string of the molecule is C=CCOc1ccc(/C=C/C(=O)OCc2cn3ccccc3n2)cc1. The van der Waals surface area contributed by atoms with E-state index in [0.717, 1.165) is 17.0 Å². The third kappa shape index (κ3) is 4.57. The van der Waals surface area contributed by atoms with E-state index >= 15 is 0 Å². The number of benzene rings is 1. The van der Waals surface area contributed by atoms with Crippen molar-refractivity contribution in [2.24, 2.45) is 0 Å². The molecule has 0 fully saturated rings. The van der Waals surface area contributed by atoms with Crippen molar-refractivity contribution >= 4 is 17.7 Å². The zero-order valence-corrected chi connectivity index (χ0v) is 13.7. The van der Waals surface area contributed by atoms with Crippen LogP contribution in [0.15, 0.2) is 73.6 Å². The molecule has 0 saturated heterocycles. The van der Waals surface area contributed by atoms with Gasteiger partial charge in [0.05, 0.1) is 5.69 Å². The lowest BCUT2D eigenvalue weighted by molar-refractivity contribution is -0.139. The van der Waals surface area contributed by atoms with Crippen molar-refractivity contribution in [1.82, 2.24) is 9.38 Å². The van der Waals surface area contributed by atoms with Gasteiger partial charge in [-0.15, -0.1) is 0 Å². The Hall–Kier alpha value is -3.34. The van der Waals surface area contributed by atoms with E-state index in [1.807, 2.05) is 59.3 Å². The minimum Gasteiger partial charge on any atom is -0.490 e. The zero-order chi connectivity index (χ0) is 17.5. The summed E-state index contributed by atoms with van der Waals surface area (Å²) in [7, 11) is 0. The summed E-state index contributed by atoms with van der Waals surface area (Å²) in [5.41, 5.74) is 2.41. The predicted molar refractivity (Wildman–Crippen MR) is 96.2 cm³/mol. The highest BCUT2D eigenvalue weighted by Crippen LogP contribution is 2.13. The van der Waals surface area contributed by atoms with E-state index in [9.17, 15) is 4.79 Å². The van der Waals surface area contributed by atoms with Gasteiger partial charge in [-0.1, -0.05) is 30.9 Å². The van der Waals surface area contributed by atoms with Crippen molar-refractivity contribution in [1.29, 1.82) is 0 Å².